The monoisotopic (exact) mass is 452 g/mol. The highest BCUT2D eigenvalue weighted by molar-refractivity contribution is 6.32. The van der Waals surface area contributed by atoms with Crippen molar-refractivity contribution in [2.45, 2.75) is 44.2 Å². The van der Waals surface area contributed by atoms with Crippen LogP contribution in [0.5, 0.6) is 0 Å². The number of aromatic nitrogens is 2. The molecule has 1 aliphatic heterocycles. The van der Waals surface area contributed by atoms with Gasteiger partial charge in [-0.05, 0) is 42.4 Å². The quantitative estimate of drug-likeness (QED) is 0.443. The van der Waals surface area contributed by atoms with Gasteiger partial charge in [-0.15, -0.1) is 0 Å². The van der Waals surface area contributed by atoms with E-state index in [1.54, 1.807) is 0 Å². The number of hydrogen-bond acceptors (Lipinski definition) is 4. The maximum Gasteiger partial charge on any atom is 0.131 e. The summed E-state index contributed by atoms with van der Waals surface area (Å²) in [5, 5.41) is 3.40. The molecule has 31 heavy (non-hydrogen) atoms. The summed E-state index contributed by atoms with van der Waals surface area (Å²) in [4.78, 5) is 13.8. The zero-order chi connectivity index (χ0) is 21.0. The van der Waals surface area contributed by atoms with Crippen LogP contribution in [0.1, 0.15) is 37.7 Å². The molecule has 0 bridgehead atoms. The maximum atomic E-state index is 6.20. The Morgan fingerprint density at radius 1 is 1.00 bits per heavy atom. The second-order valence-corrected chi connectivity index (χ2v) is 10.4. The molecule has 1 spiro atoms. The molecule has 3 aromatic rings. The van der Waals surface area contributed by atoms with Gasteiger partial charge in [0, 0.05) is 35.6 Å². The predicted molar refractivity (Wildman–Crippen MR) is 127 cm³/mol. The largest absolute Gasteiger partial charge is 0.355 e. The van der Waals surface area contributed by atoms with E-state index in [1.807, 2.05) is 24.5 Å². The Labute approximate surface area is 193 Å². The van der Waals surface area contributed by atoms with E-state index >= 15 is 0 Å². The van der Waals surface area contributed by atoms with Gasteiger partial charge in [-0.3, -0.25) is 9.88 Å². The number of rotatable bonds is 4. The molecule has 6 heteroatoms. The van der Waals surface area contributed by atoms with Gasteiger partial charge in [-0.2, -0.15) is 0 Å². The molecule has 1 saturated heterocycles. The predicted octanol–water partition coefficient (Wildman–Crippen LogP) is 6.17. The van der Waals surface area contributed by atoms with E-state index < -0.39 is 0 Å². The van der Waals surface area contributed by atoms with Gasteiger partial charge < -0.3 is 4.90 Å². The third-order valence-corrected chi connectivity index (χ3v) is 8.17. The van der Waals surface area contributed by atoms with Gasteiger partial charge >= 0.3 is 0 Å². The molecule has 2 saturated carbocycles. The van der Waals surface area contributed by atoms with Gasteiger partial charge in [0.05, 0.1) is 18.6 Å². The topological polar surface area (TPSA) is 32.3 Å². The molecular weight excluding hydrogens is 427 g/mol. The molecule has 4 nitrogen and oxygen atoms in total. The Hall–Kier alpha value is -1.88. The maximum absolute atomic E-state index is 6.20. The van der Waals surface area contributed by atoms with Crippen molar-refractivity contribution in [3.8, 4) is 0 Å². The average Bonchev–Trinajstić information content (AvgIpc) is 3.04. The van der Waals surface area contributed by atoms with Crippen LogP contribution in [0.15, 0.2) is 48.8 Å². The Morgan fingerprint density at radius 2 is 1.77 bits per heavy atom. The zero-order valence-corrected chi connectivity index (χ0v) is 19.0. The fourth-order valence-corrected chi connectivity index (χ4v) is 6.47. The van der Waals surface area contributed by atoms with Crippen molar-refractivity contribution in [1.82, 2.24) is 14.9 Å². The van der Waals surface area contributed by atoms with Gasteiger partial charge in [-0.1, -0.05) is 66.7 Å². The van der Waals surface area contributed by atoms with Crippen LogP contribution in [0, 0.1) is 11.8 Å². The zero-order valence-electron chi connectivity index (χ0n) is 17.5. The van der Waals surface area contributed by atoms with E-state index in [0.29, 0.717) is 10.3 Å². The molecule has 160 valence electrons. The molecule has 2 aliphatic carbocycles. The second kappa shape index (κ2) is 7.61. The number of benzene rings is 1. The summed E-state index contributed by atoms with van der Waals surface area (Å²) >= 11 is 12.4. The fourth-order valence-electron chi connectivity index (χ4n) is 5.97. The Balaban J connectivity index is 1.31. The SMILES string of the molecule is Clc1cc(CN2CN(c3cncc4ccccc34)CC23CC(C2CCC2)C3)cc(Cl)n1. The van der Waals surface area contributed by atoms with E-state index in [-0.39, 0.29) is 5.54 Å². The lowest BCUT2D eigenvalue weighted by Crippen LogP contribution is -2.57. The molecule has 3 aliphatic rings. The number of fused-ring (bicyclic) bond motifs is 1. The number of hydrogen-bond donors (Lipinski definition) is 0. The molecule has 1 aromatic carbocycles. The molecular formula is C25H26Cl2N4. The molecule has 0 radical (unpaired) electrons. The van der Waals surface area contributed by atoms with E-state index in [1.165, 1.54) is 48.6 Å². The highest BCUT2D eigenvalue weighted by Gasteiger charge is 2.55. The molecule has 3 heterocycles. The molecule has 0 amide bonds. The molecule has 0 N–H and O–H groups in total. The summed E-state index contributed by atoms with van der Waals surface area (Å²) < 4.78 is 0. The first-order valence-electron chi connectivity index (χ1n) is 11.2. The van der Waals surface area contributed by atoms with Crippen LogP contribution in [0.3, 0.4) is 0 Å². The fraction of sp³-hybridized carbons (Fsp3) is 0.440. The van der Waals surface area contributed by atoms with Crippen molar-refractivity contribution in [2.75, 3.05) is 18.1 Å². The summed E-state index contributed by atoms with van der Waals surface area (Å²) in [5.41, 5.74) is 2.59. The number of halogens is 2. The van der Waals surface area contributed by atoms with Crippen molar-refractivity contribution in [1.29, 1.82) is 0 Å². The van der Waals surface area contributed by atoms with Gasteiger partial charge in [0.15, 0.2) is 0 Å². The minimum Gasteiger partial charge on any atom is -0.355 e. The lowest BCUT2D eigenvalue weighted by atomic mass is 9.58. The van der Waals surface area contributed by atoms with Gasteiger partial charge in [0.2, 0.25) is 0 Å². The van der Waals surface area contributed by atoms with E-state index in [4.69, 9.17) is 23.2 Å². The van der Waals surface area contributed by atoms with Crippen molar-refractivity contribution >= 4 is 39.7 Å². The van der Waals surface area contributed by atoms with Crippen LogP contribution in [0.25, 0.3) is 10.8 Å². The van der Waals surface area contributed by atoms with Gasteiger partial charge in [0.25, 0.3) is 0 Å². The highest BCUT2D eigenvalue weighted by Crippen LogP contribution is 2.54. The molecule has 0 unspecified atom stereocenters. The van der Waals surface area contributed by atoms with Gasteiger partial charge in [0.1, 0.15) is 10.3 Å². The van der Waals surface area contributed by atoms with Gasteiger partial charge in [-0.25, -0.2) is 4.98 Å². The molecule has 3 fully saturated rings. The standard InChI is InChI=1S/C25H26Cl2N4/c26-23-8-17(9-24(27)29-23)14-31-16-30(15-25(31)10-20(11-25)18-5-3-6-18)22-13-28-12-19-4-1-2-7-21(19)22/h1-2,4,7-9,12-13,18,20H,3,5-6,10-11,14-16H2. The average molecular weight is 453 g/mol. The van der Waals surface area contributed by atoms with Crippen molar-refractivity contribution in [3.63, 3.8) is 0 Å². The van der Waals surface area contributed by atoms with Crippen LogP contribution in [-0.4, -0.2) is 33.6 Å². The van der Waals surface area contributed by atoms with Crippen LogP contribution in [-0.2, 0) is 6.54 Å². The second-order valence-electron chi connectivity index (χ2n) is 9.62. The van der Waals surface area contributed by atoms with E-state index in [2.05, 4.69) is 44.0 Å². The highest BCUT2D eigenvalue weighted by atomic mass is 35.5. The van der Waals surface area contributed by atoms with Crippen molar-refractivity contribution in [3.05, 3.63) is 64.7 Å². The number of anilines is 1. The van der Waals surface area contributed by atoms with Crippen LogP contribution >= 0.6 is 23.2 Å². The minimum absolute atomic E-state index is 0.222. The first kappa shape index (κ1) is 19.8. The molecule has 2 aromatic heterocycles. The normalized spacial score (nSPS) is 26.4. The Morgan fingerprint density at radius 3 is 2.52 bits per heavy atom. The third kappa shape index (κ3) is 3.49. The number of nitrogens with zero attached hydrogens (tertiary/aromatic N) is 4. The van der Waals surface area contributed by atoms with Crippen LogP contribution in [0.4, 0.5) is 5.69 Å². The lowest BCUT2D eigenvalue weighted by Gasteiger charge is -2.54. The minimum atomic E-state index is 0.222. The van der Waals surface area contributed by atoms with Crippen LogP contribution < -0.4 is 4.90 Å². The summed E-state index contributed by atoms with van der Waals surface area (Å²) in [7, 11) is 0. The molecule has 0 atom stereocenters. The van der Waals surface area contributed by atoms with Crippen LogP contribution in [0.2, 0.25) is 10.3 Å². The smallest absolute Gasteiger partial charge is 0.131 e. The number of pyridine rings is 2. The Kier molecular flexibility index (Phi) is 4.86. The summed E-state index contributed by atoms with van der Waals surface area (Å²) in [6.45, 7) is 2.79. The van der Waals surface area contributed by atoms with Crippen molar-refractivity contribution < 1.29 is 0 Å². The third-order valence-electron chi connectivity index (χ3n) is 7.78. The lowest BCUT2D eigenvalue weighted by molar-refractivity contribution is -0.0323. The van der Waals surface area contributed by atoms with Crippen molar-refractivity contribution in [2.24, 2.45) is 11.8 Å². The molecule has 6 rings (SSSR count). The Bertz CT molecular complexity index is 1100. The van der Waals surface area contributed by atoms with E-state index in [0.717, 1.165) is 37.2 Å². The van der Waals surface area contributed by atoms with E-state index in [9.17, 15) is 0 Å². The summed E-state index contributed by atoms with van der Waals surface area (Å²) in [6, 6.07) is 12.5. The first-order chi connectivity index (χ1) is 15.1. The summed E-state index contributed by atoms with van der Waals surface area (Å²) in [6.07, 6.45) is 10.8. The summed E-state index contributed by atoms with van der Waals surface area (Å²) in [5.74, 6) is 1.83. The first-order valence-corrected chi connectivity index (χ1v) is 12.0.